The first kappa shape index (κ1) is 11.9. The predicted octanol–water partition coefficient (Wildman–Crippen LogP) is 3.54. The van der Waals surface area contributed by atoms with Crippen LogP contribution in [-0.2, 0) is 16.6 Å². The minimum absolute atomic E-state index is 0.0369. The molecule has 2 aliphatic carbocycles. The van der Waals surface area contributed by atoms with Gasteiger partial charge in [0.1, 0.15) is 0 Å². The van der Waals surface area contributed by atoms with Crippen LogP contribution in [0.3, 0.4) is 0 Å². The molecule has 1 saturated carbocycles. The minimum atomic E-state index is -0.0524. The third kappa shape index (κ3) is 1.55. The van der Waals surface area contributed by atoms with Crippen molar-refractivity contribution in [2.24, 2.45) is 5.92 Å². The number of benzene rings is 1. The molecule has 0 spiro atoms. The summed E-state index contributed by atoms with van der Waals surface area (Å²) in [5, 5.41) is 8.83. The fourth-order valence-electron chi connectivity index (χ4n) is 3.61. The van der Waals surface area contributed by atoms with Gasteiger partial charge in [0.2, 0.25) is 0 Å². The van der Waals surface area contributed by atoms with E-state index in [0.717, 1.165) is 24.3 Å². The van der Waals surface area contributed by atoms with Crippen LogP contribution in [0.15, 0.2) is 18.2 Å². The van der Waals surface area contributed by atoms with Crippen LogP contribution in [-0.4, -0.2) is 11.5 Å². The van der Waals surface area contributed by atoms with Crippen molar-refractivity contribution in [1.82, 2.24) is 0 Å². The summed E-state index contributed by atoms with van der Waals surface area (Å²) < 4.78 is 0. The zero-order valence-electron chi connectivity index (χ0n) is 10.4. The number of hydrogen-bond donors (Lipinski definition) is 1. The number of fused-ring (bicyclic) bond motifs is 3. The molecular weight excluding hydrogens is 246 g/mol. The van der Waals surface area contributed by atoms with Crippen LogP contribution in [0.4, 0.5) is 0 Å². The van der Waals surface area contributed by atoms with Crippen molar-refractivity contribution in [3.05, 3.63) is 34.3 Å². The van der Waals surface area contributed by atoms with Crippen LogP contribution >= 0.6 is 11.6 Å². The Morgan fingerprint density at radius 1 is 1.39 bits per heavy atom. The highest BCUT2D eigenvalue weighted by atomic mass is 35.5. The number of nitrogens with one attached hydrogen (secondary N) is 1. The maximum Gasteiger partial charge on any atom is 0.176 e. The largest absolute Gasteiger partial charge is 0.301 e. The summed E-state index contributed by atoms with van der Waals surface area (Å²) in [7, 11) is 0. The number of hydrogen-bond acceptors (Lipinski definition) is 2. The maximum absolute atomic E-state index is 11.7. The van der Waals surface area contributed by atoms with E-state index in [2.05, 4.69) is 13.0 Å². The summed E-state index contributed by atoms with van der Waals surface area (Å²) in [6.45, 7) is 2.20. The monoisotopic (exact) mass is 261 g/mol. The molecule has 0 heterocycles. The van der Waals surface area contributed by atoms with E-state index >= 15 is 0 Å². The second-order valence-corrected chi connectivity index (χ2v) is 6.08. The average Bonchev–Trinajstić information content (AvgIpc) is 2.34. The number of carbonyl (C=O) groups is 1. The fraction of sp³-hybridized carbons (Fsp3) is 0.467. The van der Waals surface area contributed by atoms with Crippen LogP contribution < -0.4 is 0 Å². The number of carbonyl (C=O) groups excluding carboxylic acids is 1. The van der Waals surface area contributed by atoms with E-state index in [4.69, 9.17) is 17.0 Å². The van der Waals surface area contributed by atoms with E-state index in [0.29, 0.717) is 12.1 Å². The number of halogens is 1. The Morgan fingerprint density at radius 3 is 2.94 bits per heavy atom. The Morgan fingerprint density at radius 2 is 2.17 bits per heavy atom. The van der Waals surface area contributed by atoms with Gasteiger partial charge >= 0.3 is 0 Å². The Bertz CT molecular complexity index is 551. The van der Waals surface area contributed by atoms with Gasteiger partial charge in [-0.15, -0.1) is 0 Å². The Labute approximate surface area is 112 Å². The smallest absolute Gasteiger partial charge is 0.176 e. The molecule has 0 radical (unpaired) electrons. The molecule has 0 aromatic heterocycles. The van der Waals surface area contributed by atoms with Crippen LogP contribution in [0.1, 0.15) is 37.3 Å². The third-order valence-electron chi connectivity index (χ3n) is 4.67. The van der Waals surface area contributed by atoms with Crippen LogP contribution in [0.2, 0.25) is 5.02 Å². The lowest BCUT2D eigenvalue weighted by molar-refractivity contribution is -0.114. The molecule has 1 fully saturated rings. The minimum Gasteiger partial charge on any atom is -0.301 e. The molecule has 18 heavy (non-hydrogen) atoms. The summed E-state index contributed by atoms with van der Waals surface area (Å²) in [4.78, 5) is 11.7. The van der Waals surface area contributed by atoms with Gasteiger partial charge in [-0.05, 0) is 42.5 Å². The van der Waals surface area contributed by atoms with Gasteiger partial charge in [-0.1, -0.05) is 24.6 Å². The van der Waals surface area contributed by atoms with Crippen LogP contribution in [0, 0.1) is 11.3 Å². The molecule has 2 nitrogen and oxygen atoms in total. The lowest BCUT2D eigenvalue weighted by Crippen LogP contribution is -2.47. The summed E-state index contributed by atoms with van der Waals surface area (Å²) in [6, 6.07) is 6.05. The molecule has 0 amide bonds. The zero-order chi connectivity index (χ0) is 12.9. The van der Waals surface area contributed by atoms with Gasteiger partial charge in [-0.2, -0.15) is 0 Å². The molecule has 94 valence electrons. The van der Waals surface area contributed by atoms with Gasteiger partial charge in [-0.25, -0.2) is 0 Å². The molecule has 0 saturated heterocycles. The standard InChI is InChI=1S/C15H16ClNO/c1-15-7-6-13(18)14(17)12(15)4-2-9-8-10(16)3-5-11(9)15/h3,5,8,12,17H,2,4,6-7H2,1H3/t12?,15-/m1/s1. The van der Waals surface area contributed by atoms with Crippen molar-refractivity contribution >= 4 is 23.1 Å². The van der Waals surface area contributed by atoms with E-state index in [1.165, 1.54) is 11.1 Å². The Hall–Kier alpha value is -1.15. The van der Waals surface area contributed by atoms with Gasteiger partial charge < -0.3 is 5.41 Å². The van der Waals surface area contributed by atoms with E-state index in [-0.39, 0.29) is 17.1 Å². The number of rotatable bonds is 0. The molecule has 0 bridgehead atoms. The Balaban J connectivity index is 2.12. The highest BCUT2D eigenvalue weighted by Gasteiger charge is 2.47. The summed E-state index contributed by atoms with van der Waals surface area (Å²) in [6.07, 6.45) is 3.18. The predicted molar refractivity (Wildman–Crippen MR) is 72.6 cm³/mol. The molecule has 1 aromatic carbocycles. The average molecular weight is 262 g/mol. The molecular formula is C15H16ClNO. The first-order valence-electron chi connectivity index (χ1n) is 6.43. The molecule has 3 rings (SSSR count). The second-order valence-electron chi connectivity index (χ2n) is 5.65. The van der Waals surface area contributed by atoms with E-state index in [9.17, 15) is 4.79 Å². The van der Waals surface area contributed by atoms with E-state index in [1.807, 2.05) is 12.1 Å². The highest BCUT2D eigenvalue weighted by Crippen LogP contribution is 2.48. The van der Waals surface area contributed by atoms with Gasteiger partial charge in [0.25, 0.3) is 0 Å². The lowest BCUT2D eigenvalue weighted by Gasteiger charge is -2.46. The lowest BCUT2D eigenvalue weighted by atomic mass is 9.57. The third-order valence-corrected chi connectivity index (χ3v) is 4.91. The van der Waals surface area contributed by atoms with Gasteiger partial charge in [0, 0.05) is 22.8 Å². The molecule has 1 aromatic rings. The second kappa shape index (κ2) is 3.92. The molecule has 2 aliphatic rings. The fourth-order valence-corrected chi connectivity index (χ4v) is 3.80. The van der Waals surface area contributed by atoms with Crippen molar-refractivity contribution in [2.45, 2.75) is 38.0 Å². The number of ketones is 1. The van der Waals surface area contributed by atoms with Crippen LogP contribution in [0.5, 0.6) is 0 Å². The van der Waals surface area contributed by atoms with Crippen molar-refractivity contribution in [1.29, 1.82) is 5.41 Å². The van der Waals surface area contributed by atoms with Crippen molar-refractivity contribution in [3.63, 3.8) is 0 Å². The van der Waals surface area contributed by atoms with Crippen molar-refractivity contribution < 1.29 is 4.79 Å². The van der Waals surface area contributed by atoms with Crippen LogP contribution in [0.25, 0.3) is 0 Å². The van der Waals surface area contributed by atoms with E-state index in [1.54, 1.807) is 0 Å². The van der Waals surface area contributed by atoms with E-state index < -0.39 is 0 Å². The van der Waals surface area contributed by atoms with Gasteiger partial charge in [0.05, 0.1) is 5.71 Å². The topological polar surface area (TPSA) is 40.9 Å². The highest BCUT2D eigenvalue weighted by molar-refractivity contribution is 6.40. The SMILES string of the molecule is C[C@]12CCC(=O)C(=N)C1CCc1cc(Cl)ccc12. The summed E-state index contributed by atoms with van der Waals surface area (Å²) >= 11 is 6.05. The quantitative estimate of drug-likeness (QED) is 0.762. The van der Waals surface area contributed by atoms with Crippen molar-refractivity contribution in [2.75, 3.05) is 0 Å². The van der Waals surface area contributed by atoms with Gasteiger partial charge in [0.15, 0.2) is 5.78 Å². The van der Waals surface area contributed by atoms with Crippen molar-refractivity contribution in [3.8, 4) is 0 Å². The maximum atomic E-state index is 11.7. The normalized spacial score (nSPS) is 30.9. The first-order chi connectivity index (χ1) is 8.52. The first-order valence-corrected chi connectivity index (χ1v) is 6.81. The molecule has 1 N–H and O–H groups in total. The number of Topliss-reactive ketones (excluding diaryl/α,β-unsaturated/α-hetero) is 1. The Kier molecular flexibility index (Phi) is 2.60. The zero-order valence-corrected chi connectivity index (χ0v) is 11.2. The molecule has 0 aliphatic heterocycles. The number of aryl methyl sites for hydroxylation is 1. The molecule has 1 unspecified atom stereocenters. The summed E-state index contributed by atoms with van der Waals surface area (Å²) in [5.74, 6) is 0.127. The van der Waals surface area contributed by atoms with Gasteiger partial charge in [-0.3, -0.25) is 4.79 Å². The summed E-state index contributed by atoms with van der Waals surface area (Å²) in [5.41, 5.74) is 2.87. The molecule has 3 heteroatoms. The molecule has 2 atom stereocenters.